The van der Waals surface area contributed by atoms with E-state index in [1.54, 1.807) is 0 Å². The molecule has 2 aromatic rings. The van der Waals surface area contributed by atoms with E-state index < -0.39 is 29.3 Å². The van der Waals surface area contributed by atoms with Crippen LogP contribution in [0.4, 0.5) is 13.2 Å². The molecule has 0 unspecified atom stereocenters. The first-order valence-electron chi connectivity index (χ1n) is 5.33. The van der Waals surface area contributed by atoms with Gasteiger partial charge in [0.05, 0.1) is 0 Å². The summed E-state index contributed by atoms with van der Waals surface area (Å²) in [7, 11) is 0. The molecule has 4 nitrogen and oxygen atoms in total. The number of rotatable bonds is 2. The summed E-state index contributed by atoms with van der Waals surface area (Å²) in [5, 5.41) is -0.0689. The molecule has 0 bridgehead atoms. The number of aryl methyl sites for hydroxylation is 1. The molecule has 1 aromatic heterocycles. The Labute approximate surface area is 136 Å². The van der Waals surface area contributed by atoms with Gasteiger partial charge in [-0.05, 0) is 12.6 Å². The molecule has 0 aliphatic heterocycles. The number of alkyl halides is 2. The quantitative estimate of drug-likeness (QED) is 0.611. The van der Waals surface area contributed by atoms with E-state index in [0.717, 1.165) is 18.2 Å². The summed E-state index contributed by atoms with van der Waals surface area (Å²) < 4.78 is 39.7. The summed E-state index contributed by atoms with van der Waals surface area (Å²) in [5.74, 6) is -0.988. The first-order valence-corrected chi connectivity index (χ1v) is 5.71. The molecule has 1 aromatic carbocycles. The van der Waals surface area contributed by atoms with Gasteiger partial charge in [-0.15, -0.1) is 23.7 Å². The van der Waals surface area contributed by atoms with Gasteiger partial charge >= 0.3 is 12.2 Å². The van der Waals surface area contributed by atoms with Gasteiger partial charge in [0.2, 0.25) is 5.56 Å². The minimum Gasteiger partial charge on any atom is -0.281 e. The summed E-state index contributed by atoms with van der Waals surface area (Å²) in [6.07, 6.45) is 0. The smallest absolute Gasteiger partial charge is 0.281 e. The van der Waals surface area contributed by atoms with Crippen molar-refractivity contribution in [3.63, 3.8) is 0 Å². The number of hydrogen-bond acceptors (Lipinski definition) is 2. The Morgan fingerprint density at radius 1 is 1.29 bits per heavy atom. The molecule has 0 amide bonds. The van der Waals surface area contributed by atoms with Crippen LogP contribution in [0, 0.1) is 18.8 Å². The molecular weight excluding hydrogens is 480 g/mol. The predicted octanol–water partition coefficient (Wildman–Crippen LogP) is 2.29. The van der Waals surface area contributed by atoms with Crippen LogP contribution in [0.2, 0.25) is 5.02 Å². The SMILES string of the molecule is Cc1cc(=O)n(-c2c[c-]c(Cl)cc2F)c(=O)n1C(F)F.[W]. The summed E-state index contributed by atoms with van der Waals surface area (Å²) in [5.41, 5.74) is -2.96. The molecule has 112 valence electrons. The first-order chi connectivity index (χ1) is 9.32. The molecule has 21 heavy (non-hydrogen) atoms. The Hall–Kier alpha value is -1.33. The van der Waals surface area contributed by atoms with Crippen molar-refractivity contribution < 1.29 is 34.2 Å². The molecule has 0 aliphatic carbocycles. The average Bonchev–Trinajstić information content (AvgIpc) is 2.30. The van der Waals surface area contributed by atoms with E-state index in [2.05, 4.69) is 6.07 Å². The van der Waals surface area contributed by atoms with Crippen molar-refractivity contribution in [3.8, 4) is 5.69 Å². The molecule has 9 heteroatoms. The van der Waals surface area contributed by atoms with Crippen LogP contribution >= 0.6 is 11.6 Å². The van der Waals surface area contributed by atoms with Gasteiger partial charge in [0.25, 0.3) is 0 Å². The van der Waals surface area contributed by atoms with Gasteiger partial charge in [-0.3, -0.25) is 9.36 Å². The van der Waals surface area contributed by atoms with Crippen LogP contribution in [-0.4, -0.2) is 9.13 Å². The topological polar surface area (TPSA) is 44.0 Å². The third-order valence-electron chi connectivity index (χ3n) is 2.61. The molecule has 0 fully saturated rings. The summed E-state index contributed by atoms with van der Waals surface area (Å²) in [4.78, 5) is 23.7. The van der Waals surface area contributed by atoms with E-state index in [-0.39, 0.29) is 36.3 Å². The van der Waals surface area contributed by atoms with E-state index in [1.807, 2.05) is 0 Å². The maximum Gasteiger partial charge on any atom is 0.329 e. The second-order valence-electron chi connectivity index (χ2n) is 3.90. The summed E-state index contributed by atoms with van der Waals surface area (Å²) >= 11 is 5.50. The Balaban J connectivity index is 0.00000220. The molecule has 0 atom stereocenters. The molecule has 0 saturated carbocycles. The molecule has 0 radical (unpaired) electrons. The van der Waals surface area contributed by atoms with Gasteiger partial charge in [0, 0.05) is 38.6 Å². The minimum atomic E-state index is -3.14. The fourth-order valence-corrected chi connectivity index (χ4v) is 1.88. The number of hydrogen-bond donors (Lipinski definition) is 0. The Morgan fingerprint density at radius 2 is 1.90 bits per heavy atom. The van der Waals surface area contributed by atoms with Crippen LogP contribution in [0.25, 0.3) is 5.69 Å². The average molecular weight is 487 g/mol. The van der Waals surface area contributed by atoms with E-state index in [1.165, 1.54) is 6.92 Å². The van der Waals surface area contributed by atoms with Crippen LogP contribution < -0.4 is 11.2 Å². The van der Waals surface area contributed by atoms with Gasteiger partial charge in [-0.25, -0.2) is 13.8 Å². The zero-order chi connectivity index (χ0) is 15.0. The van der Waals surface area contributed by atoms with Crippen molar-refractivity contribution in [2.75, 3.05) is 0 Å². The molecule has 0 N–H and O–H groups in total. The second kappa shape index (κ2) is 6.62. The molecule has 0 spiro atoms. The van der Waals surface area contributed by atoms with Gasteiger partial charge in [-0.1, -0.05) is 5.02 Å². The molecular formula is C12H7ClF3N2O2W-. The van der Waals surface area contributed by atoms with Crippen molar-refractivity contribution >= 4 is 11.6 Å². The van der Waals surface area contributed by atoms with Crippen molar-refractivity contribution in [3.05, 3.63) is 61.6 Å². The van der Waals surface area contributed by atoms with Gasteiger partial charge in [-0.2, -0.15) is 14.8 Å². The zero-order valence-corrected chi connectivity index (χ0v) is 14.1. The summed E-state index contributed by atoms with van der Waals surface area (Å²) in [6.45, 7) is -1.96. The van der Waals surface area contributed by atoms with Gasteiger partial charge in [0.1, 0.15) is 0 Å². The minimum absolute atomic E-state index is 0. The Morgan fingerprint density at radius 3 is 2.43 bits per heavy atom. The van der Waals surface area contributed by atoms with E-state index in [9.17, 15) is 22.8 Å². The third kappa shape index (κ3) is 3.30. The zero-order valence-electron chi connectivity index (χ0n) is 10.4. The van der Waals surface area contributed by atoms with E-state index in [4.69, 9.17) is 11.6 Å². The Kier molecular flexibility index (Phi) is 5.59. The maximum atomic E-state index is 13.7. The Bertz CT molecular complexity index is 789. The van der Waals surface area contributed by atoms with Crippen LogP contribution in [0.5, 0.6) is 0 Å². The monoisotopic (exact) mass is 487 g/mol. The normalized spacial score (nSPS) is 10.6. The second-order valence-corrected chi connectivity index (χ2v) is 4.31. The standard InChI is InChI=1S/C12H7ClF3N2O2.W/c1-6-4-10(19)18(12(20)17(6)11(15)16)9-3-2-7(13)5-8(9)14;/h3-5,11H,1H3;/q-1;. The van der Waals surface area contributed by atoms with Crippen molar-refractivity contribution in [1.29, 1.82) is 0 Å². The molecule has 0 aliphatic rings. The van der Waals surface area contributed by atoms with Crippen molar-refractivity contribution in [2.45, 2.75) is 13.5 Å². The number of aromatic nitrogens is 2. The van der Waals surface area contributed by atoms with Crippen LogP contribution in [0.3, 0.4) is 0 Å². The molecule has 2 rings (SSSR count). The fraction of sp³-hybridized carbons (Fsp3) is 0.167. The van der Waals surface area contributed by atoms with Crippen LogP contribution in [0.15, 0.2) is 27.8 Å². The van der Waals surface area contributed by atoms with Crippen LogP contribution in [-0.2, 0) is 21.1 Å². The predicted molar refractivity (Wildman–Crippen MR) is 66.1 cm³/mol. The summed E-state index contributed by atoms with van der Waals surface area (Å²) in [6, 6.07) is 4.99. The van der Waals surface area contributed by atoms with Gasteiger partial charge in [0.15, 0.2) is 0 Å². The van der Waals surface area contributed by atoms with Crippen molar-refractivity contribution in [2.24, 2.45) is 0 Å². The number of benzene rings is 1. The van der Waals surface area contributed by atoms with E-state index >= 15 is 0 Å². The van der Waals surface area contributed by atoms with E-state index in [0.29, 0.717) is 4.57 Å². The number of nitrogens with zero attached hydrogens (tertiary/aromatic N) is 2. The maximum absolute atomic E-state index is 13.7. The fourth-order valence-electron chi connectivity index (χ4n) is 1.73. The third-order valence-corrected chi connectivity index (χ3v) is 2.83. The van der Waals surface area contributed by atoms with Crippen molar-refractivity contribution in [1.82, 2.24) is 9.13 Å². The largest absolute Gasteiger partial charge is 0.329 e. The first kappa shape index (κ1) is 17.7. The number of halogens is 4. The molecule has 0 saturated heterocycles. The van der Waals surface area contributed by atoms with Gasteiger partial charge < -0.3 is 0 Å². The van der Waals surface area contributed by atoms with Crippen LogP contribution in [0.1, 0.15) is 12.2 Å². The molecule has 1 heterocycles.